The van der Waals surface area contributed by atoms with Gasteiger partial charge in [-0.15, -0.1) is 31.7 Å². The average molecular weight is 420 g/mol. The normalized spacial score (nSPS) is 15.4. The van der Waals surface area contributed by atoms with Gasteiger partial charge in [-0.1, -0.05) is 48.0 Å². The van der Waals surface area contributed by atoms with Crippen LogP contribution in [0.25, 0.3) is 11.3 Å². The Morgan fingerprint density at radius 3 is 2.52 bits per heavy atom. The van der Waals surface area contributed by atoms with Crippen LogP contribution in [0.3, 0.4) is 0 Å². The van der Waals surface area contributed by atoms with E-state index >= 15 is 0 Å². The fourth-order valence-electron chi connectivity index (χ4n) is 3.82. The summed E-state index contributed by atoms with van der Waals surface area (Å²) in [6.45, 7) is 3.97. The van der Waals surface area contributed by atoms with Crippen molar-refractivity contribution in [2.45, 2.75) is 26.2 Å². The van der Waals surface area contributed by atoms with E-state index in [9.17, 15) is 0 Å². The summed E-state index contributed by atoms with van der Waals surface area (Å²) >= 11 is 7.77. The van der Waals surface area contributed by atoms with Crippen LogP contribution in [-0.4, -0.2) is 25.0 Å². The first kappa shape index (κ1) is 18.2. The minimum atomic E-state index is 0.0293. The number of aryl methyl sites for hydroxylation is 2. The lowest BCUT2D eigenvalue weighted by Gasteiger charge is -2.13. The smallest absolute Gasteiger partial charge is 0.145 e. The monoisotopic (exact) mass is 419 g/mol. The van der Waals surface area contributed by atoms with E-state index in [1.54, 1.807) is 11.3 Å². The Labute approximate surface area is 177 Å². The second-order valence-electron chi connectivity index (χ2n) is 7.07. The average Bonchev–Trinajstić information content (AvgIpc) is 3.27. The molecule has 0 amide bonds. The van der Waals surface area contributed by atoms with Crippen LogP contribution in [0.5, 0.6) is 0 Å². The van der Waals surface area contributed by atoms with Gasteiger partial charge < -0.3 is 0 Å². The largest absolute Gasteiger partial charge is 0.282 e. The van der Waals surface area contributed by atoms with Crippen LogP contribution in [0.1, 0.15) is 38.7 Å². The van der Waals surface area contributed by atoms with E-state index in [0.29, 0.717) is 0 Å². The highest BCUT2D eigenvalue weighted by Crippen LogP contribution is 2.38. The molecule has 1 aliphatic heterocycles. The second-order valence-corrected chi connectivity index (χ2v) is 8.77. The molecule has 0 radical (unpaired) electrons. The number of hydrogen-bond donors (Lipinski definition) is 0. The summed E-state index contributed by atoms with van der Waals surface area (Å²) in [5.41, 5.74) is 4.52. The molecule has 0 saturated heterocycles. The number of hydrogen-bond acceptors (Lipinski definition) is 5. The van der Waals surface area contributed by atoms with Crippen molar-refractivity contribution in [3.63, 3.8) is 0 Å². The van der Waals surface area contributed by atoms with Gasteiger partial charge in [-0.25, -0.2) is 0 Å². The Kier molecular flexibility index (Phi) is 4.53. The first-order chi connectivity index (χ1) is 14.1. The molecule has 5 rings (SSSR count). The molecule has 0 spiro atoms. The van der Waals surface area contributed by atoms with Crippen molar-refractivity contribution in [1.29, 1.82) is 0 Å². The molecular formula is C22H18ClN5S. The molecule has 1 atom stereocenters. The van der Waals surface area contributed by atoms with Gasteiger partial charge in [0.1, 0.15) is 21.7 Å². The highest BCUT2D eigenvalue weighted by Gasteiger charge is 2.27. The van der Waals surface area contributed by atoms with Crippen LogP contribution in [0.2, 0.25) is 5.02 Å². The van der Waals surface area contributed by atoms with Crippen molar-refractivity contribution >= 4 is 28.5 Å². The molecule has 2 aromatic carbocycles. The van der Waals surface area contributed by atoms with Crippen LogP contribution >= 0.6 is 22.9 Å². The first-order valence-corrected chi connectivity index (χ1v) is 10.6. The molecule has 0 aliphatic carbocycles. The lowest BCUT2D eigenvalue weighted by Crippen LogP contribution is -2.08. The molecule has 7 heteroatoms. The van der Waals surface area contributed by atoms with Gasteiger partial charge in [0.25, 0.3) is 0 Å². The van der Waals surface area contributed by atoms with Crippen LogP contribution in [0.4, 0.5) is 0 Å². The Morgan fingerprint density at radius 2 is 1.76 bits per heavy atom. The Balaban J connectivity index is 1.73. The fourth-order valence-corrected chi connectivity index (χ4v) is 4.71. The van der Waals surface area contributed by atoms with Gasteiger partial charge in [-0.2, -0.15) is 0 Å². The molecule has 2 aromatic heterocycles. The minimum Gasteiger partial charge on any atom is -0.282 e. The van der Waals surface area contributed by atoms with E-state index in [4.69, 9.17) is 11.6 Å². The maximum Gasteiger partial charge on any atom is 0.145 e. The predicted molar refractivity (Wildman–Crippen MR) is 116 cm³/mol. The van der Waals surface area contributed by atoms with Gasteiger partial charge in [0, 0.05) is 22.9 Å². The van der Waals surface area contributed by atoms with Gasteiger partial charge in [0.15, 0.2) is 0 Å². The molecule has 3 heterocycles. The molecule has 0 fully saturated rings. The third-order valence-corrected chi connectivity index (χ3v) is 6.22. The zero-order valence-electron chi connectivity index (χ0n) is 16.0. The topological polar surface area (TPSA) is 56.5 Å². The number of allylic oxidation sites excluding steroid dienone is 1. The lowest BCUT2D eigenvalue weighted by atomic mass is 9.93. The number of aromatic nitrogens is 5. The summed E-state index contributed by atoms with van der Waals surface area (Å²) in [5.74, 6) is 1.82. The molecule has 0 bridgehead atoms. The van der Waals surface area contributed by atoms with Crippen LogP contribution in [0.15, 0.2) is 54.6 Å². The number of para-hydroxylation sites is 1. The van der Waals surface area contributed by atoms with Crippen molar-refractivity contribution in [3.05, 3.63) is 92.4 Å². The highest BCUT2D eigenvalue weighted by atomic mass is 35.5. The number of fused-ring (bicyclic) bond motifs is 3. The zero-order valence-corrected chi connectivity index (χ0v) is 17.6. The number of rotatable bonds is 3. The third-order valence-electron chi connectivity index (χ3n) is 5.10. The minimum absolute atomic E-state index is 0.0293. The van der Waals surface area contributed by atoms with Crippen molar-refractivity contribution in [2.75, 3.05) is 0 Å². The molecule has 29 heavy (non-hydrogen) atoms. The van der Waals surface area contributed by atoms with Gasteiger partial charge in [0.2, 0.25) is 0 Å². The molecule has 5 nitrogen and oxygen atoms in total. The van der Waals surface area contributed by atoms with Crippen molar-refractivity contribution in [3.8, 4) is 5.69 Å². The standard InChI is InChI=1S/C22H18ClN5S/c1-13-24-27-22-16(12-21-26-25-14(2)29-21)11-19(15-7-9-17(23)10-8-15)18-5-3-4-6-20(18)28(13)22/h3-11,16H,12H2,1-2H3/t16-/m1/s1. The summed E-state index contributed by atoms with van der Waals surface area (Å²) in [7, 11) is 0. The van der Waals surface area contributed by atoms with Crippen molar-refractivity contribution in [2.24, 2.45) is 0 Å². The highest BCUT2D eigenvalue weighted by molar-refractivity contribution is 7.11. The summed E-state index contributed by atoms with van der Waals surface area (Å²) in [6, 6.07) is 16.4. The zero-order chi connectivity index (χ0) is 20.0. The fraction of sp³-hybridized carbons (Fsp3) is 0.182. The van der Waals surface area contributed by atoms with E-state index in [1.807, 2.05) is 26.0 Å². The second kappa shape index (κ2) is 7.21. The summed E-state index contributed by atoms with van der Waals surface area (Å²) in [6.07, 6.45) is 3.01. The number of nitrogens with zero attached hydrogens (tertiary/aromatic N) is 5. The number of halogens is 1. The predicted octanol–water partition coefficient (Wildman–Crippen LogP) is 5.16. The number of benzene rings is 2. The van der Waals surface area contributed by atoms with Gasteiger partial charge in [-0.05, 0) is 43.2 Å². The Hall–Kier alpha value is -2.83. The van der Waals surface area contributed by atoms with E-state index < -0.39 is 0 Å². The SMILES string of the molecule is Cc1nnc(C[C@H]2C=C(c3ccc(Cl)cc3)c3ccccc3-n3c(C)nnc32)s1. The third kappa shape index (κ3) is 3.28. The van der Waals surface area contributed by atoms with Crippen LogP contribution < -0.4 is 0 Å². The van der Waals surface area contributed by atoms with Crippen molar-refractivity contribution < 1.29 is 0 Å². The van der Waals surface area contributed by atoms with E-state index in [-0.39, 0.29) is 5.92 Å². The van der Waals surface area contributed by atoms with Crippen molar-refractivity contribution in [1.82, 2.24) is 25.0 Å². The van der Waals surface area contributed by atoms with Gasteiger partial charge in [0.05, 0.1) is 5.69 Å². The Morgan fingerprint density at radius 1 is 0.966 bits per heavy atom. The molecule has 0 N–H and O–H groups in total. The van der Waals surface area contributed by atoms with Gasteiger partial charge >= 0.3 is 0 Å². The van der Waals surface area contributed by atoms with E-state index in [2.05, 4.69) is 67.4 Å². The summed E-state index contributed by atoms with van der Waals surface area (Å²) in [4.78, 5) is 0. The van der Waals surface area contributed by atoms with E-state index in [1.165, 1.54) is 0 Å². The lowest BCUT2D eigenvalue weighted by molar-refractivity contribution is 0.728. The van der Waals surface area contributed by atoms with Crippen LogP contribution in [0, 0.1) is 13.8 Å². The molecule has 0 saturated carbocycles. The molecule has 1 aliphatic rings. The van der Waals surface area contributed by atoms with Crippen LogP contribution in [-0.2, 0) is 6.42 Å². The van der Waals surface area contributed by atoms with E-state index in [0.717, 1.165) is 55.5 Å². The summed E-state index contributed by atoms with van der Waals surface area (Å²) < 4.78 is 2.16. The molecule has 4 aromatic rings. The molecular weight excluding hydrogens is 402 g/mol. The maximum absolute atomic E-state index is 6.14. The maximum atomic E-state index is 6.14. The Bertz CT molecular complexity index is 1220. The molecule has 144 valence electrons. The first-order valence-electron chi connectivity index (χ1n) is 9.38. The summed E-state index contributed by atoms with van der Waals surface area (Å²) in [5, 5.41) is 20.1. The molecule has 0 unspecified atom stereocenters. The quantitative estimate of drug-likeness (QED) is 0.460. The van der Waals surface area contributed by atoms with Gasteiger partial charge in [-0.3, -0.25) is 4.57 Å².